The van der Waals surface area contributed by atoms with Gasteiger partial charge < -0.3 is 14.8 Å². The average Bonchev–Trinajstić information content (AvgIpc) is 2.93. The Bertz CT molecular complexity index is 1500. The van der Waals surface area contributed by atoms with Gasteiger partial charge in [0.25, 0.3) is 11.8 Å². The molecule has 2 N–H and O–H groups in total. The third kappa shape index (κ3) is 6.41. The van der Waals surface area contributed by atoms with Gasteiger partial charge in [0.1, 0.15) is 11.5 Å². The van der Waals surface area contributed by atoms with Gasteiger partial charge in [-0.2, -0.15) is 5.10 Å². The van der Waals surface area contributed by atoms with E-state index in [1.807, 2.05) is 56.3 Å². The molecular formula is C30H27N3O5. The zero-order chi connectivity index (χ0) is 26.9. The number of amides is 2. The van der Waals surface area contributed by atoms with Gasteiger partial charge in [-0.15, -0.1) is 0 Å². The minimum atomic E-state index is -0.541. The van der Waals surface area contributed by atoms with Crippen LogP contribution in [0.1, 0.15) is 38.8 Å². The highest BCUT2D eigenvalue weighted by atomic mass is 16.5. The first-order chi connectivity index (χ1) is 18.5. The Labute approximate surface area is 220 Å². The van der Waals surface area contributed by atoms with Crippen LogP contribution in [0.5, 0.6) is 11.5 Å². The number of esters is 1. The van der Waals surface area contributed by atoms with Crippen molar-refractivity contribution in [3.05, 3.63) is 107 Å². The van der Waals surface area contributed by atoms with Crippen LogP contribution in [0.3, 0.4) is 0 Å². The molecule has 38 heavy (non-hydrogen) atoms. The smallest absolute Gasteiger partial charge is 0.343 e. The maximum absolute atomic E-state index is 12.8. The molecule has 0 radical (unpaired) electrons. The lowest BCUT2D eigenvalue weighted by Gasteiger charge is -2.11. The molecule has 0 atom stereocenters. The molecule has 0 aliphatic heterocycles. The first-order valence-electron chi connectivity index (χ1n) is 12.1. The molecule has 0 unspecified atom stereocenters. The number of benzene rings is 4. The average molecular weight is 510 g/mol. The van der Waals surface area contributed by atoms with Crippen LogP contribution in [-0.4, -0.2) is 37.1 Å². The number of carbonyl (C=O) groups excluding carboxylic acids is 3. The Balaban J connectivity index is 1.46. The van der Waals surface area contributed by atoms with E-state index < -0.39 is 11.9 Å². The summed E-state index contributed by atoms with van der Waals surface area (Å²) >= 11 is 0. The molecular weight excluding hydrogens is 482 g/mol. The van der Waals surface area contributed by atoms with Crippen molar-refractivity contribution >= 4 is 34.8 Å². The second-order valence-electron chi connectivity index (χ2n) is 8.34. The Kier molecular flexibility index (Phi) is 8.46. The van der Waals surface area contributed by atoms with Crippen LogP contribution in [0, 0.1) is 6.92 Å². The number of fused-ring (bicyclic) bond motifs is 1. The second-order valence-corrected chi connectivity index (χ2v) is 8.34. The zero-order valence-corrected chi connectivity index (χ0v) is 21.1. The van der Waals surface area contributed by atoms with Crippen molar-refractivity contribution in [1.82, 2.24) is 10.7 Å². The molecule has 4 aromatic carbocycles. The van der Waals surface area contributed by atoms with E-state index in [0.717, 1.165) is 16.3 Å². The predicted molar refractivity (Wildman–Crippen MR) is 146 cm³/mol. The summed E-state index contributed by atoms with van der Waals surface area (Å²) in [6, 6.07) is 24.9. The first kappa shape index (κ1) is 26.1. The van der Waals surface area contributed by atoms with Crippen molar-refractivity contribution < 1.29 is 23.9 Å². The highest BCUT2D eigenvalue weighted by molar-refractivity contribution is 6.04. The Morgan fingerprint density at radius 2 is 1.63 bits per heavy atom. The Morgan fingerprint density at radius 3 is 2.39 bits per heavy atom. The van der Waals surface area contributed by atoms with Crippen molar-refractivity contribution in [2.45, 2.75) is 13.8 Å². The van der Waals surface area contributed by atoms with Crippen LogP contribution in [0.2, 0.25) is 0 Å². The van der Waals surface area contributed by atoms with E-state index in [1.165, 1.54) is 6.21 Å². The maximum atomic E-state index is 12.8. The molecule has 8 nitrogen and oxygen atoms in total. The van der Waals surface area contributed by atoms with E-state index in [9.17, 15) is 14.4 Å². The van der Waals surface area contributed by atoms with Gasteiger partial charge in [0.2, 0.25) is 0 Å². The summed E-state index contributed by atoms with van der Waals surface area (Å²) in [5.74, 6) is -0.445. The summed E-state index contributed by atoms with van der Waals surface area (Å²) in [6.45, 7) is 3.98. The van der Waals surface area contributed by atoms with Gasteiger partial charge in [-0.1, -0.05) is 48.5 Å². The quantitative estimate of drug-likeness (QED) is 0.148. The summed E-state index contributed by atoms with van der Waals surface area (Å²) < 4.78 is 11.1. The highest BCUT2D eigenvalue weighted by Gasteiger charge is 2.14. The summed E-state index contributed by atoms with van der Waals surface area (Å²) in [7, 11) is 0. The molecule has 0 spiro atoms. The first-order valence-corrected chi connectivity index (χ1v) is 12.1. The van der Waals surface area contributed by atoms with Crippen LogP contribution in [-0.2, 0) is 4.79 Å². The number of hydrogen-bond acceptors (Lipinski definition) is 6. The summed E-state index contributed by atoms with van der Waals surface area (Å²) in [5, 5.41) is 8.33. The van der Waals surface area contributed by atoms with Crippen molar-refractivity contribution in [1.29, 1.82) is 0 Å². The number of hydrazone groups is 1. The van der Waals surface area contributed by atoms with E-state index >= 15 is 0 Å². The highest BCUT2D eigenvalue weighted by Crippen LogP contribution is 2.27. The third-order valence-corrected chi connectivity index (χ3v) is 5.72. The van der Waals surface area contributed by atoms with Gasteiger partial charge in [0.05, 0.1) is 24.9 Å². The molecule has 4 aromatic rings. The predicted octanol–water partition coefficient (Wildman–Crippen LogP) is 4.65. The SMILES string of the molecule is CCOc1ccc(C(=O)Oc2ccc3ccccc3c2/C=N\NC(=O)CNC(=O)c2ccccc2C)cc1. The molecule has 192 valence electrons. The maximum Gasteiger partial charge on any atom is 0.343 e. The lowest BCUT2D eigenvalue weighted by atomic mass is 10.0. The number of nitrogens with zero attached hydrogens (tertiary/aromatic N) is 1. The summed E-state index contributed by atoms with van der Waals surface area (Å²) in [6.07, 6.45) is 1.42. The minimum absolute atomic E-state index is 0.250. The van der Waals surface area contributed by atoms with E-state index in [2.05, 4.69) is 15.8 Å². The van der Waals surface area contributed by atoms with Crippen molar-refractivity contribution in [2.75, 3.05) is 13.2 Å². The number of hydrogen-bond donors (Lipinski definition) is 2. The molecule has 0 saturated carbocycles. The van der Waals surface area contributed by atoms with Crippen LogP contribution in [0.4, 0.5) is 0 Å². The number of aryl methyl sites for hydroxylation is 1. The fraction of sp³-hybridized carbons (Fsp3) is 0.133. The van der Waals surface area contributed by atoms with Crippen molar-refractivity contribution in [2.24, 2.45) is 5.10 Å². The molecule has 4 rings (SSSR count). The molecule has 8 heteroatoms. The second kappa shape index (κ2) is 12.3. The van der Waals surface area contributed by atoms with Crippen LogP contribution in [0.25, 0.3) is 10.8 Å². The molecule has 0 fully saturated rings. The van der Waals surface area contributed by atoms with Gasteiger partial charge >= 0.3 is 5.97 Å². The summed E-state index contributed by atoms with van der Waals surface area (Å²) in [5.41, 5.74) is 4.60. The number of carbonyl (C=O) groups is 3. The number of rotatable bonds is 9. The zero-order valence-electron chi connectivity index (χ0n) is 21.1. The summed E-state index contributed by atoms with van der Waals surface area (Å²) in [4.78, 5) is 37.5. The van der Waals surface area contributed by atoms with Crippen molar-refractivity contribution in [3.63, 3.8) is 0 Å². The third-order valence-electron chi connectivity index (χ3n) is 5.72. The Morgan fingerprint density at radius 1 is 0.895 bits per heavy atom. The van der Waals surface area contributed by atoms with E-state index in [1.54, 1.807) is 42.5 Å². The standard InChI is InChI=1S/C30H27N3O5/c1-3-37-23-15-12-22(13-16-23)30(36)38-27-17-14-21-9-5-7-11-25(21)26(27)18-32-33-28(34)19-31-29(35)24-10-6-4-8-20(24)2/h4-18H,3,19H2,1-2H3,(H,31,35)(H,33,34)/b32-18-. The fourth-order valence-electron chi connectivity index (χ4n) is 3.80. The minimum Gasteiger partial charge on any atom is -0.494 e. The van der Waals surface area contributed by atoms with Gasteiger partial charge in [-0.05, 0) is 66.6 Å². The van der Waals surface area contributed by atoms with Crippen LogP contribution >= 0.6 is 0 Å². The number of ether oxygens (including phenoxy) is 2. The monoisotopic (exact) mass is 509 g/mol. The van der Waals surface area contributed by atoms with Gasteiger partial charge in [0, 0.05) is 11.1 Å². The molecule has 0 aliphatic rings. The molecule has 0 aliphatic carbocycles. The fourth-order valence-corrected chi connectivity index (χ4v) is 3.80. The van der Waals surface area contributed by atoms with E-state index in [0.29, 0.717) is 29.0 Å². The van der Waals surface area contributed by atoms with Gasteiger partial charge in [-0.3, -0.25) is 9.59 Å². The van der Waals surface area contributed by atoms with E-state index in [-0.39, 0.29) is 18.2 Å². The van der Waals surface area contributed by atoms with Crippen molar-refractivity contribution in [3.8, 4) is 11.5 Å². The topological polar surface area (TPSA) is 106 Å². The molecule has 0 heterocycles. The van der Waals surface area contributed by atoms with Gasteiger partial charge in [0.15, 0.2) is 0 Å². The van der Waals surface area contributed by atoms with Crippen LogP contribution < -0.4 is 20.2 Å². The van der Waals surface area contributed by atoms with Gasteiger partial charge in [-0.25, -0.2) is 10.2 Å². The normalized spacial score (nSPS) is 10.8. The molecule has 0 saturated heterocycles. The van der Waals surface area contributed by atoms with E-state index in [4.69, 9.17) is 9.47 Å². The largest absolute Gasteiger partial charge is 0.494 e. The molecule has 2 amide bonds. The molecule has 0 aromatic heterocycles. The lowest BCUT2D eigenvalue weighted by Crippen LogP contribution is -2.35. The Hall–Kier alpha value is -4.98. The number of nitrogens with one attached hydrogen (secondary N) is 2. The lowest BCUT2D eigenvalue weighted by molar-refractivity contribution is -0.120. The molecule has 0 bridgehead atoms. The van der Waals surface area contributed by atoms with Crippen LogP contribution in [0.15, 0.2) is 90.0 Å².